The Balaban J connectivity index is 0.000000193. The number of aryl methyl sites for hydroxylation is 2. The summed E-state index contributed by atoms with van der Waals surface area (Å²) in [5.41, 5.74) is 12.1. The largest absolute Gasteiger partial charge is 0.457 e. The Morgan fingerprint density at radius 3 is 1.78 bits per heavy atom. The van der Waals surface area contributed by atoms with Crippen LogP contribution in [0.5, 0.6) is 23.0 Å². The molecule has 0 saturated carbocycles. The number of pyridine rings is 2. The summed E-state index contributed by atoms with van der Waals surface area (Å²) in [7, 11) is 7.62. The van der Waals surface area contributed by atoms with Crippen molar-refractivity contribution in [2.24, 2.45) is 14.1 Å². The van der Waals surface area contributed by atoms with Crippen LogP contribution in [0.4, 0.5) is 17.1 Å². The summed E-state index contributed by atoms with van der Waals surface area (Å²) in [6, 6.07) is 29.4. The molecule has 7 rings (SSSR count). The van der Waals surface area contributed by atoms with Crippen LogP contribution in [0.15, 0.2) is 134 Å². The van der Waals surface area contributed by atoms with E-state index < -0.39 is 0 Å². The minimum Gasteiger partial charge on any atom is -0.457 e. The molecule has 256 valence electrons. The van der Waals surface area contributed by atoms with Crippen molar-refractivity contribution < 1.29 is 14.3 Å². The van der Waals surface area contributed by atoms with Gasteiger partial charge in [-0.3, -0.25) is 24.1 Å². The fourth-order valence-corrected chi connectivity index (χ4v) is 4.99. The van der Waals surface area contributed by atoms with Gasteiger partial charge < -0.3 is 25.4 Å². The first kappa shape index (κ1) is 33.9. The van der Waals surface area contributed by atoms with E-state index in [-0.39, 0.29) is 5.91 Å². The van der Waals surface area contributed by atoms with Crippen molar-refractivity contribution in [2.45, 2.75) is 0 Å². The van der Waals surface area contributed by atoms with E-state index in [0.29, 0.717) is 39.9 Å². The number of carbonyl (C=O) groups is 1. The lowest BCUT2D eigenvalue weighted by molar-refractivity contribution is 0.102. The van der Waals surface area contributed by atoms with Crippen LogP contribution in [0.25, 0.3) is 22.5 Å². The number of nitrogen functional groups attached to an aromatic ring is 1. The molecule has 0 unspecified atom stereocenters. The second-order valence-electron chi connectivity index (χ2n) is 11.8. The van der Waals surface area contributed by atoms with Crippen LogP contribution in [0, 0.1) is 0 Å². The predicted molar refractivity (Wildman–Crippen MR) is 199 cm³/mol. The van der Waals surface area contributed by atoms with E-state index in [9.17, 15) is 4.79 Å². The molecule has 4 aromatic heterocycles. The van der Waals surface area contributed by atoms with E-state index in [2.05, 4.69) is 25.5 Å². The van der Waals surface area contributed by atoms with Crippen molar-refractivity contribution in [3.63, 3.8) is 0 Å². The molecule has 0 spiro atoms. The molecule has 3 N–H and O–H groups in total. The average molecular weight is 680 g/mol. The monoisotopic (exact) mass is 679 g/mol. The zero-order valence-corrected chi connectivity index (χ0v) is 28.6. The van der Waals surface area contributed by atoms with Gasteiger partial charge in [-0.2, -0.15) is 10.2 Å². The molecule has 1 amide bonds. The molecular formula is C39H37N9O3. The molecule has 0 fully saturated rings. The third-order valence-corrected chi connectivity index (χ3v) is 7.51. The minimum absolute atomic E-state index is 0.177. The lowest BCUT2D eigenvalue weighted by atomic mass is 10.1. The predicted octanol–water partition coefficient (Wildman–Crippen LogP) is 7.45. The van der Waals surface area contributed by atoms with Crippen molar-refractivity contribution in [2.75, 3.05) is 30.0 Å². The molecular weight excluding hydrogens is 642 g/mol. The summed E-state index contributed by atoms with van der Waals surface area (Å²) >= 11 is 0. The fraction of sp³-hybridized carbons (Fsp3) is 0.103. The smallest absolute Gasteiger partial charge is 0.255 e. The summed E-state index contributed by atoms with van der Waals surface area (Å²) in [5, 5.41) is 11.2. The van der Waals surface area contributed by atoms with Crippen molar-refractivity contribution >= 4 is 23.0 Å². The molecule has 4 heterocycles. The molecule has 0 saturated heterocycles. The van der Waals surface area contributed by atoms with Crippen LogP contribution in [0.3, 0.4) is 0 Å². The Bertz CT molecular complexity index is 2260. The topological polar surface area (TPSA) is 138 Å². The van der Waals surface area contributed by atoms with Crippen LogP contribution in [-0.4, -0.2) is 49.5 Å². The Morgan fingerprint density at radius 2 is 1.24 bits per heavy atom. The number of anilines is 3. The molecule has 7 aromatic rings. The second-order valence-corrected chi connectivity index (χ2v) is 11.8. The first-order valence-electron chi connectivity index (χ1n) is 16.0. The van der Waals surface area contributed by atoms with Gasteiger partial charge in [0.05, 0.1) is 23.8 Å². The standard InChI is InChI=1S/C24H23N5O2.C15H14N4O/c1-28(2)20-8-4-6-17(12-20)24(30)27-19-7-5-9-21(13-19)31-22-10-11-25-23(14-22)18-15-26-29(3)16-18;1-19-10-11(9-18-19)15-8-14(5-6-17-15)20-13-4-2-3-12(16)7-13/h4-16H,1-3H3,(H,27,30);2-10H,16H2,1H3. The summed E-state index contributed by atoms with van der Waals surface area (Å²) in [6.45, 7) is 0. The number of rotatable bonds is 9. The Morgan fingerprint density at radius 1 is 0.686 bits per heavy atom. The van der Waals surface area contributed by atoms with E-state index >= 15 is 0 Å². The quantitative estimate of drug-likeness (QED) is 0.149. The molecule has 51 heavy (non-hydrogen) atoms. The first-order valence-corrected chi connectivity index (χ1v) is 16.0. The number of benzene rings is 3. The maximum Gasteiger partial charge on any atom is 0.255 e. The van der Waals surface area contributed by atoms with Crippen molar-refractivity contribution in [1.29, 1.82) is 0 Å². The number of nitrogens with zero attached hydrogens (tertiary/aromatic N) is 7. The highest BCUT2D eigenvalue weighted by Gasteiger charge is 2.10. The molecule has 0 aliphatic heterocycles. The van der Waals surface area contributed by atoms with Crippen LogP contribution >= 0.6 is 0 Å². The van der Waals surface area contributed by atoms with Gasteiger partial charge in [0.2, 0.25) is 0 Å². The van der Waals surface area contributed by atoms with E-state index in [4.69, 9.17) is 15.2 Å². The number of nitrogens with two attached hydrogens (primary N) is 1. The zero-order valence-electron chi connectivity index (χ0n) is 28.6. The normalized spacial score (nSPS) is 10.5. The molecule has 0 bridgehead atoms. The average Bonchev–Trinajstić information content (AvgIpc) is 3.77. The molecule has 0 aliphatic carbocycles. The number of carbonyl (C=O) groups excluding carboxylic acids is 1. The van der Waals surface area contributed by atoms with Gasteiger partial charge in [-0.25, -0.2) is 0 Å². The van der Waals surface area contributed by atoms with E-state index in [0.717, 1.165) is 28.2 Å². The number of aromatic nitrogens is 6. The summed E-state index contributed by atoms with van der Waals surface area (Å²) < 4.78 is 15.2. The lowest BCUT2D eigenvalue weighted by Crippen LogP contribution is -2.14. The number of ether oxygens (including phenoxy) is 2. The van der Waals surface area contributed by atoms with Crippen LogP contribution in [0.1, 0.15) is 10.4 Å². The van der Waals surface area contributed by atoms with E-state index in [1.165, 1.54) is 0 Å². The van der Waals surface area contributed by atoms with Crippen molar-refractivity contribution in [3.8, 4) is 45.5 Å². The van der Waals surface area contributed by atoms with Gasteiger partial charge in [0.1, 0.15) is 23.0 Å². The minimum atomic E-state index is -0.177. The maximum absolute atomic E-state index is 12.7. The number of hydrogen-bond acceptors (Lipinski definition) is 9. The van der Waals surface area contributed by atoms with E-state index in [1.54, 1.807) is 58.4 Å². The van der Waals surface area contributed by atoms with Crippen LogP contribution in [-0.2, 0) is 14.1 Å². The first-order chi connectivity index (χ1) is 24.7. The number of nitrogens with one attached hydrogen (secondary N) is 1. The molecule has 0 atom stereocenters. The third kappa shape index (κ3) is 9.15. The summed E-state index contributed by atoms with van der Waals surface area (Å²) in [5.74, 6) is 2.50. The van der Waals surface area contributed by atoms with Gasteiger partial charge in [0.25, 0.3) is 5.91 Å². The van der Waals surface area contributed by atoms with Gasteiger partial charge in [-0.1, -0.05) is 18.2 Å². The zero-order chi connectivity index (χ0) is 35.7. The highest BCUT2D eigenvalue weighted by atomic mass is 16.5. The molecule has 3 aromatic carbocycles. The highest BCUT2D eigenvalue weighted by Crippen LogP contribution is 2.28. The lowest BCUT2D eigenvalue weighted by Gasteiger charge is -2.14. The molecule has 12 heteroatoms. The maximum atomic E-state index is 12.7. The highest BCUT2D eigenvalue weighted by molar-refractivity contribution is 6.04. The fourth-order valence-electron chi connectivity index (χ4n) is 4.99. The second kappa shape index (κ2) is 15.5. The number of hydrogen-bond donors (Lipinski definition) is 2. The Hall–Kier alpha value is -6.95. The van der Waals surface area contributed by atoms with Gasteiger partial charge >= 0.3 is 0 Å². The van der Waals surface area contributed by atoms with Crippen LogP contribution in [0.2, 0.25) is 0 Å². The Kier molecular flexibility index (Phi) is 10.3. The van der Waals surface area contributed by atoms with Gasteiger partial charge in [-0.15, -0.1) is 0 Å². The summed E-state index contributed by atoms with van der Waals surface area (Å²) in [4.78, 5) is 23.3. The van der Waals surface area contributed by atoms with Gasteiger partial charge in [0.15, 0.2) is 0 Å². The van der Waals surface area contributed by atoms with Crippen molar-refractivity contribution in [1.82, 2.24) is 29.5 Å². The Labute approximate surface area is 295 Å². The molecule has 0 aliphatic rings. The van der Waals surface area contributed by atoms with Gasteiger partial charge in [-0.05, 0) is 54.6 Å². The van der Waals surface area contributed by atoms with Crippen molar-refractivity contribution in [3.05, 3.63) is 140 Å². The van der Waals surface area contributed by atoms with E-state index in [1.807, 2.05) is 118 Å². The third-order valence-electron chi connectivity index (χ3n) is 7.51. The number of amides is 1. The summed E-state index contributed by atoms with van der Waals surface area (Å²) in [6.07, 6.45) is 10.7. The molecule has 0 radical (unpaired) electrons. The molecule has 12 nitrogen and oxygen atoms in total. The van der Waals surface area contributed by atoms with Crippen LogP contribution < -0.4 is 25.4 Å². The van der Waals surface area contributed by atoms with Gasteiger partial charge in [0, 0.05) is 111 Å². The SMILES string of the molecule is CN(C)c1cccc(C(=O)Nc2cccc(Oc3ccnc(-c4cnn(C)c4)c3)c2)c1.Cn1cc(-c2cc(Oc3cccc(N)c3)ccn2)cn1.